The van der Waals surface area contributed by atoms with Crippen molar-refractivity contribution in [1.82, 2.24) is 20.0 Å². The number of carboxylic acid groups (broad SMARTS) is 1. The molecule has 5 rings (SSSR count). The quantitative estimate of drug-likeness (QED) is 0.0300. The molecule has 4 atom stereocenters. The number of nitrogen functional groups attached to an aromatic ring is 1. The molecule has 2 amide bonds. The Morgan fingerprint density at radius 1 is 1.30 bits per heavy atom. The highest BCUT2D eigenvalue weighted by atomic mass is 32.3. The molecule has 0 saturated carbocycles. The van der Waals surface area contributed by atoms with Crippen molar-refractivity contribution in [2.45, 2.75) is 82.5 Å². The molecule has 10 N–H and O–H groups in total. The summed E-state index contributed by atoms with van der Waals surface area (Å²) in [5.41, 5.74) is 15.5. The number of nitrogens with one attached hydrogen (secondary N) is 1. The number of hydroxylamine groups is 2. The first kappa shape index (κ1) is 39.5. The SMILES string of the molecule is CC1(C)C(NC(=O)/C(=N\O[C@](C)(C(=O)O)C2CCc3cc(-c4cn(C[C@@H](O)CN)[n+](CCCN)c4)ccc3O2)c2csc(N)n2)C(=O)N1OS(=O)(=O)O. The summed E-state index contributed by atoms with van der Waals surface area (Å²) in [4.78, 5) is 48.6. The number of thiazole rings is 1. The second-order valence-corrected chi connectivity index (χ2v) is 15.1. The third kappa shape index (κ3) is 8.43. The van der Waals surface area contributed by atoms with Gasteiger partial charge in [-0.3, -0.25) is 14.1 Å². The Labute approximate surface area is 308 Å². The van der Waals surface area contributed by atoms with Gasteiger partial charge in [0.2, 0.25) is 6.20 Å². The number of β-lactam (4-membered cyclic amide) rings is 1. The number of nitrogens with zero attached hydrogens (tertiary/aromatic N) is 5. The van der Waals surface area contributed by atoms with Crippen molar-refractivity contribution in [2.24, 2.45) is 16.6 Å². The highest BCUT2D eigenvalue weighted by Gasteiger charge is 2.58. The van der Waals surface area contributed by atoms with Crippen LogP contribution in [0.2, 0.25) is 0 Å². The molecule has 0 spiro atoms. The fraction of sp³-hybridized carbons (Fsp3) is 0.484. The summed E-state index contributed by atoms with van der Waals surface area (Å²) < 4.78 is 45.8. The molecule has 20 nitrogen and oxygen atoms in total. The number of ether oxygens (including phenoxy) is 1. The van der Waals surface area contributed by atoms with Crippen molar-refractivity contribution < 1.29 is 56.1 Å². The van der Waals surface area contributed by atoms with Gasteiger partial charge in [0, 0.05) is 18.3 Å². The number of carbonyl (C=O) groups excluding carboxylic acids is 2. The molecule has 4 heterocycles. The number of aliphatic hydroxyl groups is 1. The van der Waals surface area contributed by atoms with Crippen LogP contribution < -0.4 is 31.9 Å². The Kier molecular flexibility index (Phi) is 11.4. The van der Waals surface area contributed by atoms with E-state index in [9.17, 15) is 33.0 Å². The summed E-state index contributed by atoms with van der Waals surface area (Å²) in [5.74, 6) is -3.05. The van der Waals surface area contributed by atoms with E-state index >= 15 is 0 Å². The van der Waals surface area contributed by atoms with Gasteiger partial charge in [-0.1, -0.05) is 11.2 Å². The van der Waals surface area contributed by atoms with Gasteiger partial charge in [-0.2, -0.15) is 18.2 Å². The molecule has 53 heavy (non-hydrogen) atoms. The monoisotopic (exact) mass is 780 g/mol. The van der Waals surface area contributed by atoms with E-state index in [-0.39, 0.29) is 23.8 Å². The maximum absolute atomic E-state index is 13.5. The molecule has 3 aromatic rings. The zero-order chi connectivity index (χ0) is 38.9. The van der Waals surface area contributed by atoms with Gasteiger partial charge in [-0.25, -0.2) is 9.78 Å². The molecule has 1 fully saturated rings. The number of oxime groups is 1. The number of benzene rings is 1. The standard InChI is InChI=1S/C31H41N9O11S2/c1-30(2)25(27(43)40(30)51-53(46,47)48)36-26(42)24(21-16-52-29(34)35-21)37-50-31(3,28(44)45)23-8-6-18-11-17(5-7-22(18)49-23)19-13-38(10-4-9-32)39(14-19)15-20(41)12-33/h5,7,11,13-14,16,20,23,25,41H,4,6,8-10,12,15,32-33H2,1-3H3,(H4-,34,35,36,42,44,45,46,47,48)/p+1/b37-24-/t20-,23?,25?,31-/m0/s1. The van der Waals surface area contributed by atoms with E-state index in [4.69, 9.17) is 31.3 Å². The number of carbonyl (C=O) groups is 3. The number of hydrogen-bond donors (Lipinski definition) is 7. The van der Waals surface area contributed by atoms with Gasteiger partial charge >= 0.3 is 16.4 Å². The summed E-state index contributed by atoms with van der Waals surface area (Å²) in [6.45, 7) is 5.52. The molecule has 2 aromatic heterocycles. The van der Waals surface area contributed by atoms with E-state index < -0.39 is 63.3 Å². The zero-order valence-electron chi connectivity index (χ0n) is 29.0. The number of aromatic nitrogens is 3. The lowest BCUT2D eigenvalue weighted by Crippen LogP contribution is -2.76. The van der Waals surface area contributed by atoms with Gasteiger partial charge in [0.25, 0.3) is 17.4 Å². The van der Waals surface area contributed by atoms with E-state index in [1.54, 1.807) is 6.07 Å². The Bertz CT molecular complexity index is 2020. The zero-order valence-corrected chi connectivity index (χ0v) is 30.7. The normalized spacial score (nSPS) is 20.1. The number of aliphatic carboxylic acids is 1. The van der Waals surface area contributed by atoms with E-state index in [0.717, 1.165) is 34.4 Å². The minimum atomic E-state index is -5.04. The van der Waals surface area contributed by atoms with Crippen LogP contribution in [0.4, 0.5) is 5.13 Å². The summed E-state index contributed by atoms with van der Waals surface area (Å²) in [6.07, 6.45) is 3.38. The third-order valence-electron chi connectivity index (χ3n) is 8.97. The van der Waals surface area contributed by atoms with E-state index in [1.165, 1.54) is 26.2 Å². The molecule has 1 aromatic carbocycles. The summed E-state index contributed by atoms with van der Waals surface area (Å²) in [5, 5.41) is 28.6. The average molecular weight is 781 g/mol. The lowest BCUT2D eigenvalue weighted by atomic mass is 9.84. The van der Waals surface area contributed by atoms with Crippen molar-refractivity contribution >= 4 is 50.4 Å². The van der Waals surface area contributed by atoms with E-state index in [1.807, 2.05) is 33.9 Å². The lowest BCUT2D eigenvalue weighted by Gasteiger charge is -2.50. The highest BCUT2D eigenvalue weighted by molar-refractivity contribution is 7.80. The van der Waals surface area contributed by atoms with Crippen LogP contribution in [-0.2, 0) is 53.4 Å². The molecule has 1 saturated heterocycles. The van der Waals surface area contributed by atoms with Crippen LogP contribution in [0, 0.1) is 0 Å². The number of nitrogens with two attached hydrogens (primary N) is 3. The summed E-state index contributed by atoms with van der Waals surface area (Å²) in [6, 6.07) is 4.14. The van der Waals surface area contributed by atoms with Crippen LogP contribution >= 0.6 is 11.3 Å². The minimum absolute atomic E-state index is 0.0518. The van der Waals surface area contributed by atoms with Crippen LogP contribution in [0.1, 0.15) is 44.9 Å². The number of rotatable bonds is 16. The second-order valence-electron chi connectivity index (χ2n) is 13.2. The Morgan fingerprint density at radius 2 is 2.04 bits per heavy atom. The molecule has 0 bridgehead atoms. The number of aryl methyl sites for hydroxylation is 2. The van der Waals surface area contributed by atoms with Gasteiger partial charge in [0.1, 0.15) is 24.0 Å². The van der Waals surface area contributed by atoms with Gasteiger partial charge in [0.05, 0.1) is 23.4 Å². The van der Waals surface area contributed by atoms with Crippen molar-refractivity contribution in [2.75, 3.05) is 18.8 Å². The Balaban J connectivity index is 1.36. The van der Waals surface area contributed by atoms with Crippen molar-refractivity contribution in [1.29, 1.82) is 0 Å². The maximum atomic E-state index is 13.5. The first-order valence-corrected chi connectivity index (χ1v) is 18.6. The van der Waals surface area contributed by atoms with Crippen LogP contribution in [-0.4, -0.2) is 104 Å². The lowest BCUT2D eigenvalue weighted by molar-refractivity contribution is -0.775. The van der Waals surface area contributed by atoms with E-state index in [2.05, 4.69) is 19.7 Å². The molecule has 288 valence electrons. The molecule has 0 radical (unpaired) electrons. The number of carboxylic acids is 1. The largest absolute Gasteiger partial charge is 0.485 e. The van der Waals surface area contributed by atoms with E-state index in [0.29, 0.717) is 36.9 Å². The molecule has 2 aliphatic heterocycles. The summed E-state index contributed by atoms with van der Waals surface area (Å²) >= 11 is 0.960. The fourth-order valence-electron chi connectivity index (χ4n) is 5.90. The highest BCUT2D eigenvalue weighted by Crippen LogP contribution is 2.37. The number of aliphatic hydroxyl groups excluding tert-OH is 1. The van der Waals surface area contributed by atoms with Gasteiger partial charge in [-0.05, 0) is 63.4 Å². The van der Waals surface area contributed by atoms with Gasteiger partial charge in [-0.15, -0.1) is 20.3 Å². The molecule has 2 unspecified atom stereocenters. The molecular formula is C31H42N9O11S2+. The van der Waals surface area contributed by atoms with Crippen LogP contribution in [0.5, 0.6) is 5.75 Å². The maximum Gasteiger partial charge on any atom is 0.418 e. The van der Waals surface area contributed by atoms with Gasteiger partial charge < -0.3 is 42.3 Å². The number of anilines is 1. The van der Waals surface area contributed by atoms with Crippen LogP contribution in [0.3, 0.4) is 0 Å². The third-order valence-corrected chi connectivity index (χ3v) is 9.98. The predicted octanol–water partition coefficient (Wildman–Crippen LogP) is -1.05. The minimum Gasteiger partial charge on any atom is -0.485 e. The molecule has 2 aliphatic rings. The molecule has 0 aliphatic carbocycles. The summed E-state index contributed by atoms with van der Waals surface area (Å²) in [7, 11) is -5.04. The smallest absolute Gasteiger partial charge is 0.418 e. The second kappa shape index (κ2) is 15.3. The van der Waals surface area contributed by atoms with Crippen molar-refractivity contribution in [3.63, 3.8) is 0 Å². The molecular weight excluding hydrogens is 739 g/mol. The molecule has 22 heteroatoms. The Morgan fingerprint density at radius 3 is 2.64 bits per heavy atom. The van der Waals surface area contributed by atoms with Gasteiger partial charge in [0.15, 0.2) is 23.5 Å². The Hall–Kier alpha value is -4.71. The van der Waals surface area contributed by atoms with Crippen LogP contribution in [0.15, 0.2) is 41.1 Å². The predicted molar refractivity (Wildman–Crippen MR) is 187 cm³/mol. The number of amides is 2. The van der Waals surface area contributed by atoms with Crippen molar-refractivity contribution in [3.05, 3.63) is 47.2 Å². The first-order chi connectivity index (χ1) is 24.9. The van der Waals surface area contributed by atoms with Crippen molar-refractivity contribution in [3.8, 4) is 16.9 Å². The van der Waals surface area contributed by atoms with Crippen LogP contribution in [0.25, 0.3) is 11.1 Å². The number of fused-ring (bicyclic) bond motifs is 1. The topological polar surface area (TPSA) is 301 Å². The number of hydrogen-bond acceptors (Lipinski definition) is 15. The first-order valence-electron chi connectivity index (χ1n) is 16.4. The average Bonchev–Trinajstić information content (AvgIpc) is 3.72. The fourth-order valence-corrected chi connectivity index (χ4v) is 6.90.